The van der Waals surface area contributed by atoms with E-state index in [2.05, 4.69) is 0 Å². The molecule has 0 bridgehead atoms. The number of aryl methyl sites for hydroxylation is 2. The molecule has 0 radical (unpaired) electrons. The van der Waals surface area contributed by atoms with Gasteiger partial charge < -0.3 is 10.5 Å². The Morgan fingerprint density at radius 1 is 1.21 bits per heavy atom. The number of nitrogens with one attached hydrogen (secondary N) is 1. The number of benzene rings is 1. The maximum atomic E-state index is 11.8. The molecule has 102 valence electrons. The molecule has 6 heteroatoms. The Morgan fingerprint density at radius 3 is 2.37 bits per heavy atom. The third-order valence-corrected chi connectivity index (χ3v) is 2.64. The number of primary amides is 1. The lowest BCUT2D eigenvalue weighted by Crippen LogP contribution is -2.42. The Labute approximate surface area is 110 Å². The SMILES string of the molecule is Cc1ccc(C(=O)O[C@@H](C)C(=O)NC(N)=O)cc1C. The Morgan fingerprint density at radius 2 is 1.84 bits per heavy atom. The average Bonchev–Trinajstić information content (AvgIpc) is 2.31. The van der Waals surface area contributed by atoms with E-state index in [1.165, 1.54) is 6.92 Å². The molecule has 3 N–H and O–H groups in total. The molecule has 0 saturated carbocycles. The molecule has 0 aliphatic carbocycles. The molecular weight excluding hydrogens is 248 g/mol. The van der Waals surface area contributed by atoms with Crippen LogP contribution in [0.2, 0.25) is 0 Å². The summed E-state index contributed by atoms with van der Waals surface area (Å²) in [6, 6.07) is 4.10. The van der Waals surface area contributed by atoms with Gasteiger partial charge in [0.05, 0.1) is 5.56 Å². The third-order valence-electron chi connectivity index (χ3n) is 2.64. The Balaban J connectivity index is 2.71. The van der Waals surface area contributed by atoms with Crippen LogP contribution in [0.1, 0.15) is 28.4 Å². The van der Waals surface area contributed by atoms with Crippen LogP contribution in [0, 0.1) is 13.8 Å². The second-order valence-corrected chi connectivity index (χ2v) is 4.20. The zero-order chi connectivity index (χ0) is 14.6. The summed E-state index contributed by atoms with van der Waals surface area (Å²) in [4.78, 5) is 33.6. The van der Waals surface area contributed by atoms with Gasteiger partial charge in [0.15, 0.2) is 6.10 Å². The number of carbonyl (C=O) groups is 3. The first-order valence-electron chi connectivity index (χ1n) is 5.69. The molecule has 1 atom stereocenters. The maximum absolute atomic E-state index is 11.8. The highest BCUT2D eigenvalue weighted by molar-refractivity contribution is 5.98. The fourth-order valence-corrected chi connectivity index (χ4v) is 1.37. The number of urea groups is 1. The van der Waals surface area contributed by atoms with Gasteiger partial charge in [-0.1, -0.05) is 6.07 Å². The summed E-state index contributed by atoms with van der Waals surface area (Å²) in [5.74, 6) is -1.39. The molecular formula is C13H16N2O4. The second kappa shape index (κ2) is 5.99. The van der Waals surface area contributed by atoms with Crippen molar-refractivity contribution in [2.24, 2.45) is 5.73 Å². The van der Waals surface area contributed by atoms with E-state index in [4.69, 9.17) is 10.5 Å². The van der Waals surface area contributed by atoms with Gasteiger partial charge in [-0.25, -0.2) is 9.59 Å². The molecule has 3 amide bonds. The van der Waals surface area contributed by atoms with E-state index in [9.17, 15) is 14.4 Å². The molecule has 0 aliphatic heterocycles. The highest BCUT2D eigenvalue weighted by Crippen LogP contribution is 2.11. The zero-order valence-electron chi connectivity index (χ0n) is 11.0. The predicted octanol–water partition coefficient (Wildman–Crippen LogP) is 1.04. The lowest BCUT2D eigenvalue weighted by molar-refractivity contribution is -0.127. The Bertz CT molecular complexity index is 525. The fraction of sp³-hybridized carbons (Fsp3) is 0.308. The summed E-state index contributed by atoms with van der Waals surface area (Å²) in [5.41, 5.74) is 7.15. The van der Waals surface area contributed by atoms with Gasteiger partial charge >= 0.3 is 12.0 Å². The molecule has 1 aromatic rings. The molecule has 1 aromatic carbocycles. The van der Waals surface area contributed by atoms with Crippen LogP contribution < -0.4 is 11.1 Å². The second-order valence-electron chi connectivity index (χ2n) is 4.20. The molecule has 0 heterocycles. The van der Waals surface area contributed by atoms with Crippen molar-refractivity contribution in [3.8, 4) is 0 Å². The van der Waals surface area contributed by atoms with E-state index >= 15 is 0 Å². The lowest BCUT2D eigenvalue weighted by Gasteiger charge is -2.12. The standard InChI is InChI=1S/C13H16N2O4/c1-7-4-5-10(6-8(7)2)12(17)19-9(3)11(16)15-13(14)18/h4-6,9H,1-3H3,(H3,14,15,16,18)/t9-/m0/s1. The summed E-state index contributed by atoms with van der Waals surface area (Å²) in [6.07, 6.45) is -1.10. The smallest absolute Gasteiger partial charge is 0.338 e. The van der Waals surface area contributed by atoms with Crippen LogP contribution in [0.25, 0.3) is 0 Å². The van der Waals surface area contributed by atoms with E-state index in [0.29, 0.717) is 5.56 Å². The summed E-state index contributed by atoms with van der Waals surface area (Å²) < 4.78 is 4.94. The van der Waals surface area contributed by atoms with E-state index in [-0.39, 0.29) is 0 Å². The number of ether oxygens (including phenoxy) is 1. The van der Waals surface area contributed by atoms with Crippen molar-refractivity contribution < 1.29 is 19.1 Å². The number of hydrogen-bond acceptors (Lipinski definition) is 4. The first-order valence-corrected chi connectivity index (χ1v) is 5.69. The molecule has 0 aliphatic rings. The van der Waals surface area contributed by atoms with Gasteiger partial charge in [-0.3, -0.25) is 10.1 Å². The van der Waals surface area contributed by atoms with Gasteiger partial charge in [-0.15, -0.1) is 0 Å². The minimum absolute atomic E-state index is 0.349. The zero-order valence-corrected chi connectivity index (χ0v) is 11.0. The summed E-state index contributed by atoms with van der Waals surface area (Å²) >= 11 is 0. The number of carbonyl (C=O) groups excluding carboxylic acids is 3. The van der Waals surface area contributed by atoms with Crippen molar-refractivity contribution in [1.82, 2.24) is 5.32 Å². The van der Waals surface area contributed by atoms with Crippen molar-refractivity contribution in [2.45, 2.75) is 26.9 Å². The summed E-state index contributed by atoms with van der Waals surface area (Å²) in [5, 5.41) is 1.84. The van der Waals surface area contributed by atoms with Crippen molar-refractivity contribution in [1.29, 1.82) is 0 Å². The lowest BCUT2D eigenvalue weighted by atomic mass is 10.1. The molecule has 0 aromatic heterocycles. The third kappa shape index (κ3) is 4.09. The highest BCUT2D eigenvalue weighted by Gasteiger charge is 2.20. The molecule has 0 fully saturated rings. The Hall–Kier alpha value is -2.37. The first kappa shape index (κ1) is 14.7. The number of hydrogen-bond donors (Lipinski definition) is 2. The number of amides is 3. The number of imide groups is 1. The average molecular weight is 264 g/mol. The molecule has 0 unspecified atom stereocenters. The normalized spacial score (nSPS) is 11.5. The Kier molecular flexibility index (Phi) is 4.63. The van der Waals surface area contributed by atoms with Crippen molar-refractivity contribution >= 4 is 17.9 Å². The number of rotatable bonds is 3. The quantitative estimate of drug-likeness (QED) is 0.797. The van der Waals surface area contributed by atoms with E-state index < -0.39 is 24.0 Å². The largest absolute Gasteiger partial charge is 0.449 e. The van der Waals surface area contributed by atoms with Gasteiger partial charge in [0, 0.05) is 0 Å². The van der Waals surface area contributed by atoms with E-state index in [0.717, 1.165) is 11.1 Å². The number of esters is 1. The molecule has 0 saturated heterocycles. The van der Waals surface area contributed by atoms with E-state index in [1.807, 2.05) is 19.2 Å². The van der Waals surface area contributed by atoms with Crippen LogP contribution in [-0.2, 0) is 9.53 Å². The van der Waals surface area contributed by atoms with Crippen molar-refractivity contribution in [3.05, 3.63) is 34.9 Å². The van der Waals surface area contributed by atoms with E-state index in [1.54, 1.807) is 18.2 Å². The van der Waals surface area contributed by atoms with Gasteiger partial charge in [0.2, 0.25) is 0 Å². The van der Waals surface area contributed by atoms with Crippen LogP contribution >= 0.6 is 0 Å². The topological polar surface area (TPSA) is 98.5 Å². The van der Waals surface area contributed by atoms with Gasteiger partial charge in [0.1, 0.15) is 0 Å². The predicted molar refractivity (Wildman–Crippen MR) is 68.5 cm³/mol. The highest BCUT2D eigenvalue weighted by atomic mass is 16.5. The molecule has 1 rings (SSSR count). The number of nitrogens with two attached hydrogens (primary N) is 1. The van der Waals surface area contributed by atoms with Crippen molar-refractivity contribution in [2.75, 3.05) is 0 Å². The van der Waals surface area contributed by atoms with Crippen LogP contribution in [0.5, 0.6) is 0 Å². The molecule has 6 nitrogen and oxygen atoms in total. The first-order chi connectivity index (χ1) is 8.81. The van der Waals surface area contributed by atoms with Crippen LogP contribution in [0.3, 0.4) is 0 Å². The summed E-state index contributed by atoms with van der Waals surface area (Å²) in [7, 11) is 0. The van der Waals surface area contributed by atoms with Crippen LogP contribution in [-0.4, -0.2) is 24.0 Å². The minimum Gasteiger partial charge on any atom is -0.449 e. The summed E-state index contributed by atoms with van der Waals surface area (Å²) in [6.45, 7) is 5.15. The minimum atomic E-state index is -1.10. The molecule has 19 heavy (non-hydrogen) atoms. The fourth-order valence-electron chi connectivity index (χ4n) is 1.37. The van der Waals surface area contributed by atoms with Crippen LogP contribution in [0.4, 0.5) is 4.79 Å². The monoisotopic (exact) mass is 264 g/mol. The molecule has 0 spiro atoms. The van der Waals surface area contributed by atoms with Crippen molar-refractivity contribution in [3.63, 3.8) is 0 Å². The maximum Gasteiger partial charge on any atom is 0.338 e. The van der Waals surface area contributed by atoms with Gasteiger partial charge in [-0.2, -0.15) is 0 Å². The van der Waals surface area contributed by atoms with Gasteiger partial charge in [0.25, 0.3) is 5.91 Å². The van der Waals surface area contributed by atoms with Gasteiger partial charge in [-0.05, 0) is 44.0 Å². The van der Waals surface area contributed by atoms with Crippen LogP contribution in [0.15, 0.2) is 18.2 Å².